The van der Waals surface area contributed by atoms with Gasteiger partial charge in [-0.3, -0.25) is 0 Å². The summed E-state index contributed by atoms with van der Waals surface area (Å²) in [6, 6.07) is 11.2. The van der Waals surface area contributed by atoms with Crippen LogP contribution in [-0.2, 0) is 6.54 Å². The molecule has 1 N–H and O–H groups in total. The molecule has 0 saturated carbocycles. The van der Waals surface area contributed by atoms with Crippen LogP contribution in [0.15, 0.2) is 48.8 Å². The quantitative estimate of drug-likeness (QED) is 0.781. The molecule has 0 atom stereocenters. The summed E-state index contributed by atoms with van der Waals surface area (Å²) in [5, 5.41) is 10.5. The van der Waals surface area contributed by atoms with Gasteiger partial charge in [-0.25, -0.2) is 4.98 Å². The highest BCUT2D eigenvalue weighted by atomic mass is 16.5. The number of phenolic OH excluding ortho intramolecular Hbond substituents is 1. The molecule has 2 aromatic heterocycles. The lowest BCUT2D eigenvalue weighted by atomic mass is 10.2. The van der Waals surface area contributed by atoms with Gasteiger partial charge in [-0.2, -0.15) is 0 Å². The number of rotatable bonds is 3. The number of hydrogen-bond donors (Lipinski definition) is 1. The minimum atomic E-state index is 0.288. The van der Waals surface area contributed by atoms with E-state index in [2.05, 4.69) is 9.55 Å². The van der Waals surface area contributed by atoms with Gasteiger partial charge in [-0.05, 0) is 29.8 Å². The van der Waals surface area contributed by atoms with Crippen LogP contribution in [0.4, 0.5) is 0 Å². The Bertz CT molecular complexity index is 702. The average Bonchev–Trinajstić information content (AvgIpc) is 2.82. The molecule has 4 heteroatoms. The molecule has 0 radical (unpaired) electrons. The summed E-state index contributed by atoms with van der Waals surface area (Å²) in [5.41, 5.74) is 2.19. The van der Waals surface area contributed by atoms with Crippen molar-refractivity contribution in [1.29, 1.82) is 0 Å². The van der Waals surface area contributed by atoms with E-state index in [0.29, 0.717) is 5.88 Å². The van der Waals surface area contributed by atoms with E-state index < -0.39 is 0 Å². The number of ether oxygens (including phenoxy) is 1. The second-order valence-electron chi connectivity index (χ2n) is 4.40. The van der Waals surface area contributed by atoms with Crippen molar-refractivity contribution in [1.82, 2.24) is 9.55 Å². The third-order valence-corrected chi connectivity index (χ3v) is 3.11. The van der Waals surface area contributed by atoms with Crippen molar-refractivity contribution < 1.29 is 9.84 Å². The average molecular weight is 254 g/mol. The van der Waals surface area contributed by atoms with Crippen molar-refractivity contribution in [3.63, 3.8) is 0 Å². The van der Waals surface area contributed by atoms with Gasteiger partial charge in [0, 0.05) is 35.9 Å². The number of aromatic hydroxyl groups is 1. The number of methoxy groups -OCH3 is 1. The van der Waals surface area contributed by atoms with E-state index in [1.54, 1.807) is 19.2 Å². The molecule has 0 bridgehead atoms. The molecule has 4 nitrogen and oxygen atoms in total. The summed E-state index contributed by atoms with van der Waals surface area (Å²) in [5.74, 6) is 0.905. The molecule has 96 valence electrons. The second-order valence-corrected chi connectivity index (χ2v) is 4.40. The first kappa shape index (κ1) is 11.6. The molecule has 0 saturated heterocycles. The molecule has 1 aromatic carbocycles. The molecular weight excluding hydrogens is 240 g/mol. The van der Waals surface area contributed by atoms with Crippen molar-refractivity contribution >= 4 is 10.9 Å². The summed E-state index contributed by atoms with van der Waals surface area (Å²) in [6.07, 6.45) is 3.82. The normalized spacial score (nSPS) is 10.8. The zero-order chi connectivity index (χ0) is 13.2. The maximum Gasteiger partial charge on any atom is 0.212 e. The molecule has 2 heterocycles. The Balaban J connectivity index is 1.92. The van der Waals surface area contributed by atoms with Crippen molar-refractivity contribution in [2.24, 2.45) is 0 Å². The van der Waals surface area contributed by atoms with Crippen molar-refractivity contribution in [2.75, 3.05) is 7.11 Å². The Morgan fingerprint density at radius 1 is 1.21 bits per heavy atom. The molecule has 0 aliphatic rings. The van der Waals surface area contributed by atoms with Crippen LogP contribution in [0.2, 0.25) is 0 Å². The van der Waals surface area contributed by atoms with E-state index in [4.69, 9.17) is 4.74 Å². The third kappa shape index (κ3) is 2.25. The summed E-state index contributed by atoms with van der Waals surface area (Å²) in [6.45, 7) is 0.741. The van der Waals surface area contributed by atoms with Gasteiger partial charge in [0.15, 0.2) is 0 Å². The maximum absolute atomic E-state index is 9.45. The van der Waals surface area contributed by atoms with E-state index >= 15 is 0 Å². The maximum atomic E-state index is 9.45. The van der Waals surface area contributed by atoms with Gasteiger partial charge in [-0.1, -0.05) is 6.07 Å². The highest BCUT2D eigenvalue weighted by Gasteiger charge is 2.03. The Morgan fingerprint density at radius 3 is 2.84 bits per heavy atom. The van der Waals surface area contributed by atoms with E-state index in [1.165, 1.54) is 0 Å². The Kier molecular flexibility index (Phi) is 2.83. The van der Waals surface area contributed by atoms with Crippen LogP contribution >= 0.6 is 0 Å². The predicted octanol–water partition coefficient (Wildman–Crippen LogP) is 2.80. The first-order chi connectivity index (χ1) is 9.26. The third-order valence-electron chi connectivity index (χ3n) is 3.11. The molecule has 0 spiro atoms. The fourth-order valence-electron chi connectivity index (χ4n) is 2.15. The summed E-state index contributed by atoms with van der Waals surface area (Å²) < 4.78 is 7.17. The molecule has 19 heavy (non-hydrogen) atoms. The molecular formula is C15H14N2O2. The van der Waals surface area contributed by atoms with Gasteiger partial charge in [0.2, 0.25) is 5.88 Å². The zero-order valence-electron chi connectivity index (χ0n) is 10.6. The summed E-state index contributed by atoms with van der Waals surface area (Å²) in [4.78, 5) is 4.20. The standard InChI is InChI=1S/C15H14N2O2/c1-19-15-5-2-11(9-16-15)10-17-7-6-12-8-13(18)3-4-14(12)17/h2-9,18H,10H2,1H3. The lowest BCUT2D eigenvalue weighted by Crippen LogP contribution is -1.98. The number of fused-ring (bicyclic) bond motifs is 1. The van der Waals surface area contributed by atoms with Gasteiger partial charge >= 0.3 is 0 Å². The van der Waals surface area contributed by atoms with Crippen LogP contribution in [0.3, 0.4) is 0 Å². The Morgan fingerprint density at radius 2 is 2.11 bits per heavy atom. The van der Waals surface area contributed by atoms with E-state index in [-0.39, 0.29) is 5.75 Å². The highest BCUT2D eigenvalue weighted by Crippen LogP contribution is 2.22. The first-order valence-electron chi connectivity index (χ1n) is 6.03. The predicted molar refractivity (Wildman–Crippen MR) is 73.5 cm³/mol. The van der Waals surface area contributed by atoms with Gasteiger partial charge in [0.25, 0.3) is 0 Å². The Hall–Kier alpha value is -2.49. The molecule has 3 rings (SSSR count). The summed E-state index contributed by atoms with van der Waals surface area (Å²) >= 11 is 0. The minimum Gasteiger partial charge on any atom is -0.508 e. The van der Waals surface area contributed by atoms with Gasteiger partial charge in [0.1, 0.15) is 5.75 Å². The van der Waals surface area contributed by atoms with Crippen LogP contribution in [0.1, 0.15) is 5.56 Å². The second kappa shape index (κ2) is 4.65. The fourth-order valence-corrected chi connectivity index (χ4v) is 2.15. The molecule has 0 unspecified atom stereocenters. The van der Waals surface area contributed by atoms with Gasteiger partial charge < -0.3 is 14.4 Å². The van der Waals surface area contributed by atoms with Gasteiger partial charge in [0.05, 0.1) is 7.11 Å². The molecule has 0 amide bonds. The minimum absolute atomic E-state index is 0.288. The van der Waals surface area contributed by atoms with E-state index in [9.17, 15) is 5.11 Å². The largest absolute Gasteiger partial charge is 0.508 e. The van der Waals surface area contributed by atoms with Crippen molar-refractivity contribution in [3.8, 4) is 11.6 Å². The molecule has 0 aliphatic carbocycles. The number of phenols is 1. The lowest BCUT2D eigenvalue weighted by molar-refractivity contribution is 0.397. The monoisotopic (exact) mass is 254 g/mol. The van der Waals surface area contributed by atoms with E-state index in [1.807, 2.05) is 36.7 Å². The van der Waals surface area contributed by atoms with Crippen molar-refractivity contribution in [2.45, 2.75) is 6.54 Å². The van der Waals surface area contributed by atoms with Crippen LogP contribution in [0.25, 0.3) is 10.9 Å². The number of aromatic nitrogens is 2. The number of pyridine rings is 1. The van der Waals surface area contributed by atoms with E-state index in [0.717, 1.165) is 23.0 Å². The lowest BCUT2D eigenvalue weighted by Gasteiger charge is -2.06. The fraction of sp³-hybridized carbons (Fsp3) is 0.133. The van der Waals surface area contributed by atoms with Crippen LogP contribution in [-0.4, -0.2) is 21.8 Å². The summed E-state index contributed by atoms with van der Waals surface area (Å²) in [7, 11) is 1.61. The van der Waals surface area contributed by atoms with Crippen LogP contribution in [0, 0.1) is 0 Å². The molecule has 3 aromatic rings. The number of nitrogens with zero attached hydrogens (tertiary/aromatic N) is 2. The number of benzene rings is 1. The topological polar surface area (TPSA) is 47.3 Å². The van der Waals surface area contributed by atoms with Crippen LogP contribution in [0.5, 0.6) is 11.6 Å². The van der Waals surface area contributed by atoms with Gasteiger partial charge in [-0.15, -0.1) is 0 Å². The number of hydrogen-bond acceptors (Lipinski definition) is 3. The zero-order valence-corrected chi connectivity index (χ0v) is 10.6. The molecule has 0 aliphatic heterocycles. The highest BCUT2D eigenvalue weighted by molar-refractivity contribution is 5.81. The first-order valence-corrected chi connectivity index (χ1v) is 6.03. The molecule has 0 fully saturated rings. The SMILES string of the molecule is COc1ccc(Cn2ccc3cc(O)ccc32)cn1. The Labute approximate surface area is 110 Å². The van der Waals surface area contributed by atoms with Crippen LogP contribution < -0.4 is 4.74 Å². The smallest absolute Gasteiger partial charge is 0.212 e. The van der Waals surface area contributed by atoms with Crippen molar-refractivity contribution in [3.05, 3.63) is 54.4 Å².